The lowest BCUT2D eigenvalue weighted by Crippen LogP contribution is -2.31. The molecule has 1 fully saturated rings. The van der Waals surface area contributed by atoms with Crippen molar-refractivity contribution < 1.29 is 9.47 Å². The molecule has 1 heterocycles. The van der Waals surface area contributed by atoms with Crippen LogP contribution in [0.2, 0.25) is 0 Å². The van der Waals surface area contributed by atoms with E-state index in [1.807, 2.05) is 19.1 Å². The zero-order valence-electron chi connectivity index (χ0n) is 11.3. The lowest BCUT2D eigenvalue weighted by Gasteiger charge is -2.27. The fourth-order valence-corrected chi connectivity index (χ4v) is 2.62. The van der Waals surface area contributed by atoms with E-state index in [1.54, 1.807) is 0 Å². The van der Waals surface area contributed by atoms with Gasteiger partial charge in [-0.2, -0.15) is 0 Å². The second kappa shape index (κ2) is 7.39. The molecule has 0 radical (unpaired) electrons. The predicted molar refractivity (Wildman–Crippen MR) is 80.1 cm³/mol. The molecule has 0 spiro atoms. The van der Waals surface area contributed by atoms with Gasteiger partial charge in [-0.05, 0) is 43.9 Å². The molecule has 3 unspecified atom stereocenters. The Morgan fingerprint density at radius 2 is 2.11 bits per heavy atom. The SMILES string of the molecule is CC(N)C(OCC1CCCCO1)c1ccc(Br)cc1. The molecule has 1 aromatic carbocycles. The molecule has 3 atom stereocenters. The Bertz CT molecular complexity index is 374. The summed E-state index contributed by atoms with van der Waals surface area (Å²) in [5, 5.41) is 0. The molecular formula is C15H22BrNO2. The standard InChI is InChI=1S/C15H22BrNO2/c1-11(17)15(12-5-7-13(16)8-6-12)19-10-14-4-2-3-9-18-14/h5-8,11,14-15H,2-4,9-10,17H2,1H3. The minimum Gasteiger partial charge on any atom is -0.376 e. The van der Waals surface area contributed by atoms with E-state index in [9.17, 15) is 0 Å². The summed E-state index contributed by atoms with van der Waals surface area (Å²) in [7, 11) is 0. The number of halogens is 1. The maximum absolute atomic E-state index is 6.04. The summed E-state index contributed by atoms with van der Waals surface area (Å²) in [5.74, 6) is 0. The van der Waals surface area contributed by atoms with E-state index in [2.05, 4.69) is 28.1 Å². The summed E-state index contributed by atoms with van der Waals surface area (Å²) in [6.07, 6.45) is 3.64. The van der Waals surface area contributed by atoms with Crippen molar-refractivity contribution in [3.05, 3.63) is 34.3 Å². The van der Waals surface area contributed by atoms with Crippen molar-refractivity contribution in [2.75, 3.05) is 13.2 Å². The van der Waals surface area contributed by atoms with Crippen molar-refractivity contribution in [3.63, 3.8) is 0 Å². The molecule has 3 nitrogen and oxygen atoms in total. The van der Waals surface area contributed by atoms with Crippen LogP contribution in [0.1, 0.15) is 37.9 Å². The first-order valence-corrected chi connectivity index (χ1v) is 7.70. The minimum absolute atomic E-state index is 0.0373. The van der Waals surface area contributed by atoms with Gasteiger partial charge in [-0.1, -0.05) is 28.1 Å². The van der Waals surface area contributed by atoms with Crippen LogP contribution in [-0.2, 0) is 9.47 Å². The normalized spacial score (nSPS) is 23.0. The highest BCUT2D eigenvalue weighted by Gasteiger charge is 2.20. The Labute approximate surface area is 123 Å². The highest BCUT2D eigenvalue weighted by Crippen LogP contribution is 2.24. The molecule has 1 saturated heterocycles. The van der Waals surface area contributed by atoms with Crippen LogP contribution in [0, 0.1) is 0 Å². The molecule has 2 N–H and O–H groups in total. The zero-order valence-corrected chi connectivity index (χ0v) is 12.9. The van der Waals surface area contributed by atoms with E-state index >= 15 is 0 Å². The van der Waals surface area contributed by atoms with Crippen molar-refractivity contribution >= 4 is 15.9 Å². The van der Waals surface area contributed by atoms with Gasteiger partial charge >= 0.3 is 0 Å². The average Bonchev–Trinajstić information content (AvgIpc) is 2.42. The third kappa shape index (κ3) is 4.56. The molecule has 2 rings (SSSR count). The van der Waals surface area contributed by atoms with Gasteiger partial charge in [0.2, 0.25) is 0 Å². The Morgan fingerprint density at radius 3 is 2.68 bits per heavy atom. The maximum atomic E-state index is 6.04. The smallest absolute Gasteiger partial charge is 0.0974 e. The summed E-state index contributed by atoms with van der Waals surface area (Å²) in [4.78, 5) is 0. The van der Waals surface area contributed by atoms with Gasteiger partial charge in [0.25, 0.3) is 0 Å². The van der Waals surface area contributed by atoms with Gasteiger partial charge in [0, 0.05) is 17.1 Å². The maximum Gasteiger partial charge on any atom is 0.0974 e. The molecular weight excluding hydrogens is 306 g/mol. The molecule has 0 amide bonds. The molecule has 0 bridgehead atoms. The monoisotopic (exact) mass is 327 g/mol. The van der Waals surface area contributed by atoms with Crippen molar-refractivity contribution in [2.24, 2.45) is 5.73 Å². The van der Waals surface area contributed by atoms with Crippen LogP contribution in [0.25, 0.3) is 0 Å². The van der Waals surface area contributed by atoms with Gasteiger partial charge in [-0.15, -0.1) is 0 Å². The first kappa shape index (κ1) is 15.0. The molecule has 1 aliphatic heterocycles. The summed E-state index contributed by atoms with van der Waals surface area (Å²) < 4.78 is 12.8. The Balaban J connectivity index is 1.94. The Kier molecular flexibility index (Phi) is 5.82. The summed E-state index contributed by atoms with van der Waals surface area (Å²) in [6.45, 7) is 3.46. The number of hydrogen-bond acceptors (Lipinski definition) is 3. The van der Waals surface area contributed by atoms with Gasteiger partial charge < -0.3 is 15.2 Å². The van der Waals surface area contributed by atoms with E-state index in [0.717, 1.165) is 23.1 Å². The van der Waals surface area contributed by atoms with Gasteiger partial charge in [0.1, 0.15) is 0 Å². The van der Waals surface area contributed by atoms with Crippen molar-refractivity contribution in [1.82, 2.24) is 0 Å². The average molecular weight is 328 g/mol. The van der Waals surface area contributed by atoms with Crippen LogP contribution in [0.5, 0.6) is 0 Å². The summed E-state index contributed by atoms with van der Waals surface area (Å²) in [6, 6.07) is 8.11. The van der Waals surface area contributed by atoms with Gasteiger partial charge in [0.05, 0.1) is 18.8 Å². The van der Waals surface area contributed by atoms with E-state index in [1.165, 1.54) is 12.8 Å². The molecule has 106 valence electrons. The van der Waals surface area contributed by atoms with Crippen LogP contribution in [0.3, 0.4) is 0 Å². The van der Waals surface area contributed by atoms with Crippen LogP contribution in [-0.4, -0.2) is 25.4 Å². The number of benzene rings is 1. The van der Waals surface area contributed by atoms with Crippen LogP contribution in [0.15, 0.2) is 28.7 Å². The quantitative estimate of drug-likeness (QED) is 0.901. The second-order valence-corrected chi connectivity index (χ2v) is 6.07. The third-order valence-electron chi connectivity index (χ3n) is 3.41. The van der Waals surface area contributed by atoms with Crippen molar-refractivity contribution in [2.45, 2.75) is 44.4 Å². The Hall–Kier alpha value is -0.420. The van der Waals surface area contributed by atoms with Crippen molar-refractivity contribution in [1.29, 1.82) is 0 Å². The molecule has 19 heavy (non-hydrogen) atoms. The highest BCUT2D eigenvalue weighted by atomic mass is 79.9. The zero-order chi connectivity index (χ0) is 13.7. The van der Waals surface area contributed by atoms with E-state index in [0.29, 0.717) is 6.61 Å². The second-order valence-electron chi connectivity index (χ2n) is 5.15. The molecule has 1 aliphatic rings. The van der Waals surface area contributed by atoms with E-state index in [4.69, 9.17) is 15.2 Å². The van der Waals surface area contributed by atoms with Crippen LogP contribution < -0.4 is 5.73 Å². The van der Waals surface area contributed by atoms with Gasteiger partial charge in [-0.3, -0.25) is 0 Å². The fourth-order valence-electron chi connectivity index (χ4n) is 2.35. The van der Waals surface area contributed by atoms with E-state index < -0.39 is 0 Å². The molecule has 0 aromatic heterocycles. The third-order valence-corrected chi connectivity index (χ3v) is 3.94. The predicted octanol–water partition coefficient (Wildman–Crippen LogP) is 3.42. The Morgan fingerprint density at radius 1 is 1.37 bits per heavy atom. The fraction of sp³-hybridized carbons (Fsp3) is 0.600. The summed E-state index contributed by atoms with van der Waals surface area (Å²) in [5.41, 5.74) is 7.16. The number of rotatable bonds is 5. The molecule has 0 aliphatic carbocycles. The molecule has 0 saturated carbocycles. The largest absolute Gasteiger partial charge is 0.376 e. The lowest BCUT2D eigenvalue weighted by molar-refractivity contribution is -0.0680. The van der Waals surface area contributed by atoms with E-state index in [-0.39, 0.29) is 18.2 Å². The van der Waals surface area contributed by atoms with Crippen LogP contribution in [0.4, 0.5) is 0 Å². The minimum atomic E-state index is -0.0707. The number of nitrogens with two attached hydrogens (primary N) is 1. The van der Waals surface area contributed by atoms with Gasteiger partial charge in [-0.25, -0.2) is 0 Å². The topological polar surface area (TPSA) is 44.5 Å². The highest BCUT2D eigenvalue weighted by molar-refractivity contribution is 9.10. The first-order chi connectivity index (χ1) is 9.16. The number of ether oxygens (including phenoxy) is 2. The molecule has 1 aromatic rings. The van der Waals surface area contributed by atoms with Crippen LogP contribution >= 0.6 is 15.9 Å². The van der Waals surface area contributed by atoms with Gasteiger partial charge in [0.15, 0.2) is 0 Å². The first-order valence-electron chi connectivity index (χ1n) is 6.91. The number of hydrogen-bond donors (Lipinski definition) is 1. The summed E-state index contributed by atoms with van der Waals surface area (Å²) >= 11 is 3.44. The lowest BCUT2D eigenvalue weighted by atomic mass is 10.0. The van der Waals surface area contributed by atoms with Crippen molar-refractivity contribution in [3.8, 4) is 0 Å². The molecule has 4 heteroatoms.